The lowest BCUT2D eigenvalue weighted by Gasteiger charge is -2.15. The van der Waals surface area contributed by atoms with Gasteiger partial charge in [-0.3, -0.25) is 9.78 Å². The summed E-state index contributed by atoms with van der Waals surface area (Å²) in [4.78, 5) is 15.4. The normalized spacial score (nSPS) is 18.5. The molecule has 0 radical (unpaired) electrons. The van der Waals surface area contributed by atoms with E-state index in [9.17, 15) is 4.79 Å². The molecule has 19 heavy (non-hydrogen) atoms. The molecule has 1 aromatic carbocycles. The van der Waals surface area contributed by atoms with Crippen LogP contribution in [-0.2, 0) is 4.79 Å². The third kappa shape index (κ3) is 2.31. The number of benzene rings is 1. The van der Waals surface area contributed by atoms with Gasteiger partial charge in [0, 0.05) is 30.6 Å². The Kier molecular flexibility index (Phi) is 2.95. The van der Waals surface area contributed by atoms with E-state index in [0.717, 1.165) is 23.0 Å². The first kappa shape index (κ1) is 11.8. The van der Waals surface area contributed by atoms with E-state index in [0.29, 0.717) is 18.7 Å². The van der Waals surface area contributed by atoms with Crippen molar-refractivity contribution in [2.75, 3.05) is 17.6 Å². The number of hydrogen-bond donors (Lipinski definition) is 3. The second-order valence-corrected chi connectivity index (χ2v) is 4.78. The van der Waals surface area contributed by atoms with E-state index >= 15 is 0 Å². The van der Waals surface area contributed by atoms with Crippen molar-refractivity contribution in [1.82, 2.24) is 10.3 Å². The number of fused-ring (bicyclic) bond motifs is 1. The second kappa shape index (κ2) is 4.76. The molecule has 2 aromatic rings. The highest BCUT2D eigenvalue weighted by Crippen LogP contribution is 2.27. The number of anilines is 2. The van der Waals surface area contributed by atoms with Gasteiger partial charge < -0.3 is 16.4 Å². The maximum absolute atomic E-state index is 11.1. The number of nitrogen functional groups attached to an aromatic ring is 1. The molecule has 1 aliphatic heterocycles. The van der Waals surface area contributed by atoms with Crippen LogP contribution in [0.5, 0.6) is 0 Å². The summed E-state index contributed by atoms with van der Waals surface area (Å²) in [6, 6.07) is 7.90. The number of pyridine rings is 1. The van der Waals surface area contributed by atoms with Crippen LogP contribution >= 0.6 is 0 Å². The van der Waals surface area contributed by atoms with Crippen LogP contribution in [0.25, 0.3) is 10.9 Å². The van der Waals surface area contributed by atoms with Crippen LogP contribution in [-0.4, -0.2) is 23.5 Å². The number of aromatic nitrogens is 1. The van der Waals surface area contributed by atoms with Crippen LogP contribution in [0.4, 0.5) is 11.4 Å². The van der Waals surface area contributed by atoms with E-state index in [-0.39, 0.29) is 11.9 Å². The van der Waals surface area contributed by atoms with Crippen molar-refractivity contribution in [3.63, 3.8) is 0 Å². The Morgan fingerprint density at radius 3 is 3.11 bits per heavy atom. The SMILES string of the molecule is Nc1c(NCC2CCC(=O)N2)ccc2ncccc12. The molecular weight excluding hydrogens is 240 g/mol. The fourth-order valence-electron chi connectivity index (χ4n) is 2.39. The Balaban J connectivity index is 1.77. The van der Waals surface area contributed by atoms with Crippen LogP contribution < -0.4 is 16.4 Å². The number of rotatable bonds is 3. The molecule has 0 bridgehead atoms. The van der Waals surface area contributed by atoms with Crippen molar-refractivity contribution in [3.8, 4) is 0 Å². The van der Waals surface area contributed by atoms with E-state index in [1.807, 2.05) is 24.3 Å². The van der Waals surface area contributed by atoms with Gasteiger partial charge in [-0.15, -0.1) is 0 Å². The molecule has 1 atom stereocenters. The Bertz CT molecular complexity index is 626. The molecule has 98 valence electrons. The number of carbonyl (C=O) groups is 1. The Labute approximate surface area is 111 Å². The Morgan fingerprint density at radius 2 is 2.32 bits per heavy atom. The average molecular weight is 256 g/mol. The quantitative estimate of drug-likeness (QED) is 0.727. The monoisotopic (exact) mass is 256 g/mol. The van der Waals surface area contributed by atoms with Gasteiger partial charge in [-0.25, -0.2) is 0 Å². The molecule has 3 rings (SSSR count). The van der Waals surface area contributed by atoms with E-state index in [4.69, 9.17) is 5.73 Å². The summed E-state index contributed by atoms with van der Waals surface area (Å²) in [5.74, 6) is 0.127. The molecular formula is C14H16N4O. The van der Waals surface area contributed by atoms with Gasteiger partial charge in [0.1, 0.15) is 0 Å². The standard InChI is InChI=1S/C14H16N4O/c15-14-10-2-1-7-16-11(10)4-5-12(14)17-8-9-3-6-13(19)18-9/h1-2,4-5,7,9,17H,3,6,8,15H2,(H,18,19). The Morgan fingerprint density at radius 1 is 1.42 bits per heavy atom. The molecule has 1 amide bonds. The van der Waals surface area contributed by atoms with Gasteiger partial charge in [-0.1, -0.05) is 0 Å². The van der Waals surface area contributed by atoms with Crippen LogP contribution in [0, 0.1) is 0 Å². The predicted octanol–water partition coefficient (Wildman–Crippen LogP) is 1.51. The molecule has 0 aliphatic carbocycles. The lowest BCUT2D eigenvalue weighted by molar-refractivity contribution is -0.119. The van der Waals surface area contributed by atoms with Gasteiger partial charge >= 0.3 is 0 Å². The minimum Gasteiger partial charge on any atom is -0.397 e. The molecule has 4 N–H and O–H groups in total. The second-order valence-electron chi connectivity index (χ2n) is 4.78. The van der Waals surface area contributed by atoms with E-state index in [2.05, 4.69) is 15.6 Å². The molecule has 5 nitrogen and oxygen atoms in total. The van der Waals surface area contributed by atoms with Crippen molar-refractivity contribution in [2.24, 2.45) is 0 Å². The zero-order valence-electron chi connectivity index (χ0n) is 10.5. The molecule has 1 fully saturated rings. The van der Waals surface area contributed by atoms with Crippen molar-refractivity contribution in [2.45, 2.75) is 18.9 Å². The van der Waals surface area contributed by atoms with Crippen molar-refractivity contribution in [3.05, 3.63) is 30.5 Å². The van der Waals surface area contributed by atoms with E-state index in [1.54, 1.807) is 6.20 Å². The molecule has 1 saturated heterocycles. The lowest BCUT2D eigenvalue weighted by Crippen LogP contribution is -2.31. The van der Waals surface area contributed by atoms with Gasteiger partial charge in [0.15, 0.2) is 0 Å². The summed E-state index contributed by atoms with van der Waals surface area (Å²) in [6.45, 7) is 0.696. The zero-order valence-corrected chi connectivity index (χ0v) is 10.5. The summed E-state index contributed by atoms with van der Waals surface area (Å²) in [5.41, 5.74) is 8.62. The van der Waals surface area contributed by atoms with Crippen LogP contribution in [0.15, 0.2) is 30.5 Å². The molecule has 1 aromatic heterocycles. The van der Waals surface area contributed by atoms with Crippen LogP contribution in [0.1, 0.15) is 12.8 Å². The van der Waals surface area contributed by atoms with E-state index < -0.39 is 0 Å². The summed E-state index contributed by atoms with van der Waals surface area (Å²) in [5, 5.41) is 7.17. The van der Waals surface area contributed by atoms with E-state index in [1.165, 1.54) is 0 Å². The maximum atomic E-state index is 11.1. The molecule has 2 heterocycles. The highest BCUT2D eigenvalue weighted by molar-refractivity contribution is 5.96. The molecule has 0 spiro atoms. The van der Waals surface area contributed by atoms with Crippen molar-refractivity contribution in [1.29, 1.82) is 0 Å². The first-order valence-corrected chi connectivity index (χ1v) is 6.40. The number of amides is 1. The summed E-state index contributed by atoms with van der Waals surface area (Å²) in [7, 11) is 0. The zero-order chi connectivity index (χ0) is 13.2. The summed E-state index contributed by atoms with van der Waals surface area (Å²) >= 11 is 0. The highest BCUT2D eigenvalue weighted by atomic mass is 16.1. The fraction of sp³-hybridized carbons (Fsp3) is 0.286. The van der Waals surface area contributed by atoms with Crippen molar-refractivity contribution < 1.29 is 4.79 Å². The minimum absolute atomic E-state index is 0.127. The number of nitrogens with zero attached hydrogens (tertiary/aromatic N) is 1. The lowest BCUT2D eigenvalue weighted by atomic mass is 10.1. The number of hydrogen-bond acceptors (Lipinski definition) is 4. The average Bonchev–Trinajstić information content (AvgIpc) is 2.84. The van der Waals surface area contributed by atoms with Crippen LogP contribution in [0.2, 0.25) is 0 Å². The topological polar surface area (TPSA) is 80.0 Å². The smallest absolute Gasteiger partial charge is 0.220 e. The molecule has 1 aliphatic rings. The van der Waals surface area contributed by atoms with Crippen LogP contribution in [0.3, 0.4) is 0 Å². The predicted molar refractivity (Wildman–Crippen MR) is 75.8 cm³/mol. The molecule has 5 heteroatoms. The first-order valence-electron chi connectivity index (χ1n) is 6.40. The number of nitrogens with two attached hydrogens (primary N) is 1. The molecule has 1 unspecified atom stereocenters. The number of carbonyl (C=O) groups excluding carboxylic acids is 1. The summed E-state index contributed by atoms with van der Waals surface area (Å²) in [6.07, 6.45) is 3.24. The summed E-state index contributed by atoms with van der Waals surface area (Å²) < 4.78 is 0. The fourth-order valence-corrected chi connectivity index (χ4v) is 2.39. The molecule has 0 saturated carbocycles. The maximum Gasteiger partial charge on any atom is 0.220 e. The van der Waals surface area contributed by atoms with Gasteiger partial charge in [-0.05, 0) is 30.7 Å². The third-order valence-electron chi connectivity index (χ3n) is 3.45. The van der Waals surface area contributed by atoms with Gasteiger partial charge in [-0.2, -0.15) is 0 Å². The van der Waals surface area contributed by atoms with Gasteiger partial charge in [0.05, 0.1) is 16.9 Å². The Hall–Kier alpha value is -2.30. The van der Waals surface area contributed by atoms with Crippen molar-refractivity contribution >= 4 is 28.2 Å². The van der Waals surface area contributed by atoms with Gasteiger partial charge in [0.25, 0.3) is 0 Å². The third-order valence-corrected chi connectivity index (χ3v) is 3.45. The highest BCUT2D eigenvalue weighted by Gasteiger charge is 2.20. The largest absolute Gasteiger partial charge is 0.397 e. The first-order chi connectivity index (χ1) is 9.24. The van der Waals surface area contributed by atoms with Gasteiger partial charge in [0.2, 0.25) is 5.91 Å². The minimum atomic E-state index is 0.127. The number of nitrogens with one attached hydrogen (secondary N) is 2.